The van der Waals surface area contributed by atoms with Gasteiger partial charge in [-0.2, -0.15) is 13.2 Å². The van der Waals surface area contributed by atoms with Crippen LogP contribution in [0.2, 0.25) is 0 Å². The second kappa shape index (κ2) is 11.8. The summed E-state index contributed by atoms with van der Waals surface area (Å²) in [7, 11) is 0. The van der Waals surface area contributed by atoms with Crippen molar-refractivity contribution in [1.82, 2.24) is 4.98 Å². The van der Waals surface area contributed by atoms with Crippen LogP contribution in [0, 0.1) is 29.6 Å². The van der Waals surface area contributed by atoms with Crippen molar-refractivity contribution in [3.63, 3.8) is 0 Å². The molecule has 0 radical (unpaired) electrons. The van der Waals surface area contributed by atoms with Crippen LogP contribution in [0.15, 0.2) is 101 Å². The Labute approximate surface area is 297 Å². The van der Waals surface area contributed by atoms with Gasteiger partial charge in [-0.25, -0.2) is 0 Å². The molecule has 4 aromatic carbocycles. The van der Waals surface area contributed by atoms with Crippen molar-refractivity contribution >= 4 is 63.0 Å². The van der Waals surface area contributed by atoms with Gasteiger partial charge < -0.3 is 15.0 Å². The lowest BCUT2D eigenvalue weighted by Gasteiger charge is -2.43. The highest BCUT2D eigenvalue weighted by molar-refractivity contribution is 8.00. The SMILES string of the molecule is O=C(COc1ccc([C@@H]2c3sc(=O)[nH]c3S[C@@H]3[C@@H]4C[C@@H]([C@@H]5C(=O)N(c6cccc(C(F)(F)F)c6)C(=O)[C@@H]45)[C@H]23)cc1)Nc1ccc2ccccc2c1. The predicted molar refractivity (Wildman–Crippen MR) is 187 cm³/mol. The Bertz CT molecular complexity index is 2300. The van der Waals surface area contributed by atoms with Crippen LogP contribution in [0.5, 0.6) is 5.75 Å². The van der Waals surface area contributed by atoms with E-state index in [4.69, 9.17) is 4.74 Å². The number of fused-ring (bicyclic) bond motifs is 10. The molecule has 5 aromatic rings. The minimum absolute atomic E-state index is 0.0641. The molecular weight excluding hydrogens is 700 g/mol. The highest BCUT2D eigenvalue weighted by Crippen LogP contribution is 2.68. The molecule has 2 bridgehead atoms. The number of alkyl halides is 3. The van der Waals surface area contributed by atoms with E-state index < -0.39 is 35.4 Å². The number of benzene rings is 4. The van der Waals surface area contributed by atoms with Gasteiger partial charge in [0.1, 0.15) is 5.75 Å². The molecule has 2 aliphatic heterocycles. The van der Waals surface area contributed by atoms with E-state index in [1.54, 1.807) is 12.1 Å². The van der Waals surface area contributed by atoms with Gasteiger partial charge in [-0.1, -0.05) is 59.9 Å². The molecule has 8 nitrogen and oxygen atoms in total. The van der Waals surface area contributed by atoms with Gasteiger partial charge in [0, 0.05) is 21.7 Å². The number of aromatic nitrogens is 1. The molecule has 13 heteroatoms. The number of imide groups is 1. The van der Waals surface area contributed by atoms with Gasteiger partial charge in [-0.05, 0) is 83.0 Å². The summed E-state index contributed by atoms with van der Waals surface area (Å²) >= 11 is 2.67. The molecule has 0 spiro atoms. The first kappa shape index (κ1) is 32.1. The van der Waals surface area contributed by atoms with Gasteiger partial charge in [0.15, 0.2) is 6.61 Å². The van der Waals surface area contributed by atoms with E-state index in [1.165, 1.54) is 23.9 Å². The smallest absolute Gasteiger partial charge is 0.416 e. The fourth-order valence-electron chi connectivity index (χ4n) is 8.85. The van der Waals surface area contributed by atoms with Crippen LogP contribution in [-0.2, 0) is 20.6 Å². The fraction of sp³-hybridized carbons (Fsp3) is 0.263. The molecule has 3 fully saturated rings. The molecule has 7 atom stereocenters. The van der Waals surface area contributed by atoms with Gasteiger partial charge in [0.2, 0.25) is 11.8 Å². The number of halogens is 3. The zero-order chi connectivity index (χ0) is 35.2. The first-order chi connectivity index (χ1) is 24.5. The molecule has 1 aromatic heterocycles. The third kappa shape index (κ3) is 5.27. The molecule has 2 saturated carbocycles. The maximum absolute atomic E-state index is 14.0. The topological polar surface area (TPSA) is 109 Å². The van der Waals surface area contributed by atoms with Crippen LogP contribution in [-0.4, -0.2) is 34.6 Å². The number of hydrogen-bond acceptors (Lipinski definition) is 7. The number of thioether (sulfide) groups is 1. The van der Waals surface area contributed by atoms with Crippen LogP contribution in [0.4, 0.5) is 24.5 Å². The molecule has 2 aliphatic carbocycles. The minimum atomic E-state index is -4.62. The number of ether oxygens (including phenoxy) is 1. The zero-order valence-corrected chi connectivity index (χ0v) is 28.2. The maximum atomic E-state index is 14.0. The van der Waals surface area contributed by atoms with Crippen molar-refractivity contribution in [2.45, 2.75) is 28.8 Å². The van der Waals surface area contributed by atoms with Crippen LogP contribution < -0.4 is 19.8 Å². The largest absolute Gasteiger partial charge is 0.484 e. The summed E-state index contributed by atoms with van der Waals surface area (Å²) in [5, 5.41) is 5.61. The van der Waals surface area contributed by atoms with E-state index in [9.17, 15) is 32.3 Å². The van der Waals surface area contributed by atoms with Crippen LogP contribution in [0.25, 0.3) is 10.8 Å². The van der Waals surface area contributed by atoms with Crippen molar-refractivity contribution in [2.24, 2.45) is 29.6 Å². The first-order valence-corrected chi connectivity index (χ1v) is 18.2. The van der Waals surface area contributed by atoms with E-state index >= 15 is 0 Å². The number of carbonyl (C=O) groups excluding carboxylic acids is 3. The number of rotatable bonds is 6. The van der Waals surface area contributed by atoms with Crippen molar-refractivity contribution < 1.29 is 32.3 Å². The molecule has 258 valence electrons. The fourth-order valence-corrected chi connectivity index (χ4v) is 11.7. The Balaban J connectivity index is 0.958. The zero-order valence-electron chi connectivity index (χ0n) is 26.6. The highest BCUT2D eigenvalue weighted by Gasteiger charge is 2.69. The summed E-state index contributed by atoms with van der Waals surface area (Å²) in [5.74, 6) is -2.73. The molecular formula is C38H28F3N3O5S2. The Morgan fingerprint density at radius 2 is 1.63 bits per heavy atom. The first-order valence-electron chi connectivity index (χ1n) is 16.5. The van der Waals surface area contributed by atoms with E-state index in [0.29, 0.717) is 17.9 Å². The molecule has 2 N–H and O–H groups in total. The number of nitrogens with zero attached hydrogens (tertiary/aromatic N) is 1. The lowest BCUT2D eigenvalue weighted by Crippen LogP contribution is -2.42. The molecule has 3 heterocycles. The summed E-state index contributed by atoms with van der Waals surface area (Å²) < 4.78 is 46.4. The normalized spacial score (nSPS) is 26.3. The molecule has 3 amide bonds. The van der Waals surface area contributed by atoms with Gasteiger partial charge in [0.05, 0.1) is 28.1 Å². The summed E-state index contributed by atoms with van der Waals surface area (Å²) in [6.07, 6.45) is -3.97. The van der Waals surface area contributed by atoms with Crippen LogP contribution in [0.1, 0.15) is 28.3 Å². The van der Waals surface area contributed by atoms with E-state index in [2.05, 4.69) is 10.3 Å². The summed E-state index contributed by atoms with van der Waals surface area (Å²) in [6, 6.07) is 25.3. The van der Waals surface area contributed by atoms with Crippen molar-refractivity contribution in [3.05, 3.63) is 117 Å². The lowest BCUT2D eigenvalue weighted by molar-refractivity contribution is -0.137. The lowest BCUT2D eigenvalue weighted by atomic mass is 9.68. The van der Waals surface area contributed by atoms with E-state index in [-0.39, 0.29) is 52.0 Å². The van der Waals surface area contributed by atoms with Gasteiger partial charge in [0.25, 0.3) is 5.91 Å². The van der Waals surface area contributed by atoms with E-state index in [0.717, 1.165) is 54.6 Å². The quantitative estimate of drug-likeness (QED) is 0.178. The number of aromatic amines is 1. The molecule has 9 rings (SSSR count). The number of carbonyl (C=O) groups is 3. The Hall–Kier alpha value is -4.88. The second-order valence-corrected chi connectivity index (χ2v) is 15.7. The maximum Gasteiger partial charge on any atom is 0.416 e. The monoisotopic (exact) mass is 727 g/mol. The number of thiazole rings is 1. The molecule has 51 heavy (non-hydrogen) atoms. The highest BCUT2D eigenvalue weighted by atomic mass is 32.2. The average molecular weight is 728 g/mol. The summed E-state index contributed by atoms with van der Waals surface area (Å²) in [6.45, 7) is -0.203. The number of amides is 3. The number of H-pyrrole nitrogens is 1. The van der Waals surface area contributed by atoms with E-state index in [1.807, 2.05) is 54.6 Å². The van der Waals surface area contributed by atoms with Crippen molar-refractivity contribution in [2.75, 3.05) is 16.8 Å². The summed E-state index contributed by atoms with van der Waals surface area (Å²) in [5.41, 5.74) is 0.588. The minimum Gasteiger partial charge on any atom is -0.484 e. The van der Waals surface area contributed by atoms with Crippen molar-refractivity contribution in [3.8, 4) is 5.75 Å². The number of nitrogens with one attached hydrogen (secondary N) is 2. The number of hydrogen-bond donors (Lipinski definition) is 2. The van der Waals surface area contributed by atoms with Gasteiger partial charge in [-0.3, -0.25) is 24.1 Å². The summed E-state index contributed by atoms with van der Waals surface area (Å²) in [4.78, 5) is 57.8. The standard InChI is InChI=1S/C38H28F3N3O5S2/c39-38(40,41)21-6-3-7-23(15-21)44-35(46)30-25-16-26(31(30)36(44)47)32-29(25)28(33-34(50-32)43-37(48)51-33)19-9-12-24(13-10-19)49-17-27(45)42-22-11-8-18-4-1-2-5-20(18)14-22/h1-15,25-26,28-32H,16-17H2,(H,42,45)(H,43,48)/t25-,26-,28+,29-,30+,31+,32-/m1/s1. The van der Waals surface area contributed by atoms with Gasteiger partial charge >= 0.3 is 11.0 Å². The third-order valence-corrected chi connectivity index (χ3v) is 13.4. The predicted octanol–water partition coefficient (Wildman–Crippen LogP) is 7.30. The average Bonchev–Trinajstić information content (AvgIpc) is 3.86. The Morgan fingerprint density at radius 3 is 2.39 bits per heavy atom. The van der Waals surface area contributed by atoms with Crippen LogP contribution >= 0.6 is 23.1 Å². The van der Waals surface area contributed by atoms with Crippen LogP contribution in [0.3, 0.4) is 0 Å². The Kier molecular flexibility index (Phi) is 7.44. The third-order valence-electron chi connectivity index (χ3n) is 10.8. The van der Waals surface area contributed by atoms with Gasteiger partial charge in [-0.15, -0.1) is 11.8 Å². The molecule has 1 saturated heterocycles. The molecule has 0 unspecified atom stereocenters. The second-order valence-electron chi connectivity index (χ2n) is 13.5. The Morgan fingerprint density at radius 1 is 0.882 bits per heavy atom. The number of anilines is 2. The van der Waals surface area contributed by atoms with Crippen molar-refractivity contribution in [1.29, 1.82) is 0 Å². The molecule has 4 aliphatic rings.